The summed E-state index contributed by atoms with van der Waals surface area (Å²) in [4.78, 5) is 10.9. The molecule has 4 nitrogen and oxygen atoms in total. The van der Waals surface area contributed by atoms with Crippen molar-refractivity contribution in [2.45, 2.75) is 51.4 Å². The number of aromatic nitrogens is 3. The van der Waals surface area contributed by atoms with E-state index in [1.165, 1.54) is 42.4 Å². The lowest BCUT2D eigenvalue weighted by atomic mass is 9.77. The minimum absolute atomic E-state index is 0.177. The molecule has 12 aromatic rings. The number of benzene rings is 10. The second-order valence-electron chi connectivity index (χ2n) is 21.8. The predicted molar refractivity (Wildman–Crippen MR) is 328 cm³/mol. The summed E-state index contributed by atoms with van der Waals surface area (Å²) in [6, 6.07) is 90.7. The number of nitrogens with zero attached hydrogens (tertiary/aromatic N) is 3. The Morgan fingerprint density at radius 3 is 1.66 bits per heavy atom. The van der Waals surface area contributed by atoms with Crippen LogP contribution in [0.3, 0.4) is 0 Å². The molecule has 0 bridgehead atoms. The van der Waals surface area contributed by atoms with Gasteiger partial charge in [-0.1, -0.05) is 234 Å². The lowest BCUT2D eigenvalue weighted by Gasteiger charge is -2.26. The van der Waals surface area contributed by atoms with Gasteiger partial charge in [0, 0.05) is 33.9 Å². The van der Waals surface area contributed by atoms with Crippen LogP contribution in [0.1, 0.15) is 56.2 Å². The maximum absolute atomic E-state index is 12.9. The Bertz CT molecular complexity index is 4120. The van der Waals surface area contributed by atoms with Crippen LogP contribution in [0.25, 0.3) is 106 Å². The highest BCUT2D eigenvalue weighted by atomic mass is 16.3. The zero-order valence-electron chi connectivity index (χ0n) is 44.7. The highest BCUT2D eigenvalue weighted by Gasteiger charge is 2.27. The van der Waals surface area contributed by atoms with E-state index in [1.807, 2.05) is 30.5 Å². The second kappa shape index (κ2) is 21.2. The lowest BCUT2D eigenvalue weighted by Crippen LogP contribution is -2.18. The monoisotopic (exact) mass is 1020 g/mol. The summed E-state index contributed by atoms with van der Waals surface area (Å²) in [6.45, 7) is 4.59. The van der Waals surface area contributed by atoms with E-state index in [-0.39, 0.29) is 11.2 Å². The van der Waals surface area contributed by atoms with E-state index in [0.29, 0.717) is 17.3 Å². The van der Waals surface area contributed by atoms with Crippen LogP contribution >= 0.6 is 0 Å². The van der Waals surface area contributed by atoms with Crippen molar-refractivity contribution in [3.63, 3.8) is 0 Å². The summed E-state index contributed by atoms with van der Waals surface area (Å²) in [5, 5.41) is 12.9. The van der Waals surface area contributed by atoms with Gasteiger partial charge in [0.25, 0.3) is 0 Å². The molecule has 1 saturated carbocycles. The average Bonchev–Trinajstić information content (AvgIpc) is 4.41. The van der Waals surface area contributed by atoms with E-state index >= 15 is 0 Å². The standard InChI is InChI=1S/C75H61N3O/c1-75(2,63-33-16-7-17-34-63)64-35-20-32-57(47-64)58-40-41-76-69(50-58)62-45-59(53-24-8-3-9-25-53)44-61(46-62)65-36-21-37-71-72(65)77-74(68-49-60(54-26-10-4-11-27-54)48-67(73(68)79)56-30-14-6-15-31-56)78(71)70-39-38-52(42-51-22-18-19-23-51)43-66(70)55-28-12-5-13-29-55/h3-17,20-21,24-41,43-51,79H,18-19,22-23,42H2,1-2H3. The highest BCUT2D eigenvalue weighted by Crippen LogP contribution is 2.46. The van der Waals surface area contributed by atoms with Crippen molar-refractivity contribution in [1.29, 1.82) is 0 Å². The van der Waals surface area contributed by atoms with Gasteiger partial charge in [0.2, 0.25) is 0 Å². The van der Waals surface area contributed by atoms with Crippen molar-refractivity contribution in [3.05, 3.63) is 278 Å². The van der Waals surface area contributed by atoms with Crippen molar-refractivity contribution in [1.82, 2.24) is 14.5 Å². The van der Waals surface area contributed by atoms with E-state index in [4.69, 9.17) is 9.97 Å². The first kappa shape index (κ1) is 49.2. The van der Waals surface area contributed by atoms with Gasteiger partial charge in [-0.25, -0.2) is 4.98 Å². The Labute approximate surface area is 464 Å². The second-order valence-corrected chi connectivity index (χ2v) is 21.8. The Morgan fingerprint density at radius 1 is 0.430 bits per heavy atom. The van der Waals surface area contributed by atoms with Crippen molar-refractivity contribution in [2.75, 3.05) is 0 Å². The van der Waals surface area contributed by atoms with Crippen LogP contribution in [0.4, 0.5) is 0 Å². The van der Waals surface area contributed by atoms with E-state index in [0.717, 1.165) is 101 Å². The highest BCUT2D eigenvalue weighted by molar-refractivity contribution is 5.99. The zero-order valence-corrected chi connectivity index (χ0v) is 44.7. The van der Waals surface area contributed by atoms with Gasteiger partial charge in [-0.2, -0.15) is 0 Å². The van der Waals surface area contributed by atoms with Gasteiger partial charge >= 0.3 is 0 Å². The molecule has 4 heteroatoms. The summed E-state index contributed by atoms with van der Waals surface area (Å²) < 4.78 is 2.30. The van der Waals surface area contributed by atoms with E-state index in [9.17, 15) is 5.11 Å². The number of hydrogen-bond acceptors (Lipinski definition) is 3. The fraction of sp³-hybridized carbons (Fsp3) is 0.120. The van der Waals surface area contributed by atoms with Crippen molar-refractivity contribution in [3.8, 4) is 101 Å². The van der Waals surface area contributed by atoms with Gasteiger partial charge < -0.3 is 5.11 Å². The molecule has 79 heavy (non-hydrogen) atoms. The Balaban J connectivity index is 1.03. The molecule has 1 aliphatic carbocycles. The molecule has 0 spiro atoms. The number of pyridine rings is 1. The topological polar surface area (TPSA) is 50.9 Å². The molecular weight excluding hydrogens is 959 g/mol. The summed E-state index contributed by atoms with van der Waals surface area (Å²) >= 11 is 0. The quantitative estimate of drug-likeness (QED) is 0.125. The minimum Gasteiger partial charge on any atom is -0.507 e. The first-order chi connectivity index (χ1) is 38.8. The molecule has 0 unspecified atom stereocenters. The molecule has 1 N–H and O–H groups in total. The molecule has 382 valence electrons. The van der Waals surface area contributed by atoms with Crippen LogP contribution < -0.4 is 0 Å². The molecule has 10 aromatic carbocycles. The molecular formula is C75H61N3O. The van der Waals surface area contributed by atoms with Gasteiger partial charge in [0.1, 0.15) is 11.6 Å². The van der Waals surface area contributed by atoms with Gasteiger partial charge in [0.05, 0.1) is 28.0 Å². The first-order valence-corrected chi connectivity index (χ1v) is 27.8. The normalized spacial score (nSPS) is 12.8. The van der Waals surface area contributed by atoms with Crippen molar-refractivity contribution in [2.24, 2.45) is 5.92 Å². The number of fused-ring (bicyclic) bond motifs is 1. The van der Waals surface area contributed by atoms with E-state index in [2.05, 4.69) is 249 Å². The minimum atomic E-state index is -0.185. The molecule has 1 fully saturated rings. The van der Waals surface area contributed by atoms with Crippen LogP contribution in [-0.4, -0.2) is 19.6 Å². The van der Waals surface area contributed by atoms with Crippen LogP contribution in [0.15, 0.2) is 261 Å². The summed E-state index contributed by atoms with van der Waals surface area (Å²) in [6.07, 6.45) is 8.15. The summed E-state index contributed by atoms with van der Waals surface area (Å²) in [5.74, 6) is 1.52. The van der Waals surface area contributed by atoms with Crippen LogP contribution in [0.5, 0.6) is 5.75 Å². The van der Waals surface area contributed by atoms with E-state index in [1.54, 1.807) is 0 Å². The molecule has 0 aliphatic heterocycles. The SMILES string of the molecule is CC(C)(c1ccccc1)c1cccc(-c2ccnc(-c3cc(-c4ccccc4)cc(-c4cccc5c4nc(-c4cc(-c6ccccc6)cc(-c6ccccc6)c4O)n5-c4ccc(CC5CCCC5)cc4-c4ccccc4)c3)c2)c1. The molecule has 0 saturated heterocycles. The number of phenols is 1. The molecule has 2 heterocycles. The fourth-order valence-electron chi connectivity index (χ4n) is 12.1. The predicted octanol–water partition coefficient (Wildman–Crippen LogP) is 19.5. The van der Waals surface area contributed by atoms with E-state index < -0.39 is 0 Å². The van der Waals surface area contributed by atoms with Crippen molar-refractivity contribution >= 4 is 11.0 Å². The van der Waals surface area contributed by atoms with Gasteiger partial charge in [0.15, 0.2) is 0 Å². The first-order valence-electron chi connectivity index (χ1n) is 27.8. The summed E-state index contributed by atoms with van der Waals surface area (Å²) in [5.41, 5.74) is 21.3. The van der Waals surface area contributed by atoms with Gasteiger partial charge in [-0.05, 0) is 140 Å². The number of phenolic OH excluding ortho intramolecular Hbond substituents is 1. The third-order valence-corrected chi connectivity index (χ3v) is 16.4. The van der Waals surface area contributed by atoms with Crippen LogP contribution in [-0.2, 0) is 11.8 Å². The lowest BCUT2D eigenvalue weighted by molar-refractivity contribution is 0.479. The summed E-state index contributed by atoms with van der Waals surface area (Å²) in [7, 11) is 0. The maximum Gasteiger partial charge on any atom is 0.149 e. The third-order valence-electron chi connectivity index (χ3n) is 16.4. The molecule has 0 atom stereocenters. The Kier molecular flexibility index (Phi) is 13.2. The van der Waals surface area contributed by atoms with Gasteiger partial charge in [-0.15, -0.1) is 0 Å². The van der Waals surface area contributed by atoms with Crippen LogP contribution in [0.2, 0.25) is 0 Å². The Morgan fingerprint density at radius 2 is 0.975 bits per heavy atom. The number of hydrogen-bond donors (Lipinski definition) is 1. The molecule has 0 amide bonds. The largest absolute Gasteiger partial charge is 0.507 e. The number of imidazole rings is 1. The number of aromatic hydroxyl groups is 1. The van der Waals surface area contributed by atoms with Gasteiger partial charge in [-0.3, -0.25) is 9.55 Å². The zero-order chi connectivity index (χ0) is 53.3. The molecule has 0 radical (unpaired) electrons. The molecule has 13 rings (SSSR count). The molecule has 2 aromatic heterocycles. The number of rotatable bonds is 13. The average molecular weight is 1020 g/mol. The van der Waals surface area contributed by atoms with Crippen molar-refractivity contribution < 1.29 is 5.11 Å². The third kappa shape index (κ3) is 9.76. The number of para-hydroxylation sites is 1. The fourth-order valence-corrected chi connectivity index (χ4v) is 12.1. The van der Waals surface area contributed by atoms with Crippen LogP contribution in [0, 0.1) is 5.92 Å². The maximum atomic E-state index is 12.9. The smallest absolute Gasteiger partial charge is 0.149 e. The Hall–Kier alpha value is -9.38. The molecule has 1 aliphatic rings.